The number of anilines is 1. The highest BCUT2D eigenvalue weighted by Crippen LogP contribution is 2.32. The van der Waals surface area contributed by atoms with Crippen LogP contribution in [0, 0.1) is 0 Å². The predicted molar refractivity (Wildman–Crippen MR) is 56.0 cm³/mol. The quantitative estimate of drug-likeness (QED) is 0.722. The van der Waals surface area contributed by atoms with Crippen molar-refractivity contribution >= 4 is 27.5 Å². The number of rotatable bonds is 1. The largest absolute Gasteiger partial charge is 0.321 e. The normalized spacial score (nSPS) is 15.7. The second kappa shape index (κ2) is 3.89. The van der Waals surface area contributed by atoms with Crippen LogP contribution >= 0.6 is 15.9 Å². The van der Waals surface area contributed by atoms with Crippen molar-refractivity contribution in [3.63, 3.8) is 0 Å². The number of amides is 1. The molecule has 0 aliphatic carbocycles. The molecule has 0 N–H and O–H groups in total. The molecule has 0 radical (unpaired) electrons. The molecule has 0 saturated heterocycles. The highest BCUT2D eigenvalue weighted by Gasteiger charge is 2.30. The van der Waals surface area contributed by atoms with Gasteiger partial charge < -0.3 is 0 Å². The first-order valence-corrected chi connectivity index (χ1v) is 5.27. The van der Waals surface area contributed by atoms with E-state index in [9.17, 15) is 13.6 Å². The van der Waals surface area contributed by atoms with Crippen molar-refractivity contribution in [3.05, 3.63) is 28.2 Å². The Balaban J connectivity index is 2.48. The maximum absolute atomic E-state index is 12.6. The van der Waals surface area contributed by atoms with Gasteiger partial charge in [-0.3, -0.25) is 9.69 Å². The summed E-state index contributed by atoms with van der Waals surface area (Å²) < 4.78 is 26.1. The standard InChI is InChI=1S/C10H8BrF2NO/c11-7-2-3-8-6(5-7)1-4-9(15)14(8)10(12)13/h2-3,5,10H,1,4H2. The van der Waals surface area contributed by atoms with Gasteiger partial charge in [-0.25, -0.2) is 0 Å². The van der Waals surface area contributed by atoms with E-state index < -0.39 is 12.5 Å². The molecule has 0 bridgehead atoms. The molecule has 2 rings (SSSR count). The second-order valence-corrected chi connectivity index (χ2v) is 4.23. The van der Waals surface area contributed by atoms with Crippen LogP contribution in [0.3, 0.4) is 0 Å². The molecule has 0 saturated carbocycles. The van der Waals surface area contributed by atoms with E-state index in [1.54, 1.807) is 18.2 Å². The maximum atomic E-state index is 12.6. The van der Waals surface area contributed by atoms with Crippen molar-refractivity contribution in [3.8, 4) is 0 Å². The molecule has 1 aliphatic rings. The van der Waals surface area contributed by atoms with E-state index in [2.05, 4.69) is 15.9 Å². The summed E-state index contributed by atoms with van der Waals surface area (Å²) in [6, 6.07) is 4.98. The molecule has 0 fully saturated rings. The fraction of sp³-hybridized carbons (Fsp3) is 0.300. The number of halogens is 3. The number of aryl methyl sites for hydroxylation is 1. The smallest absolute Gasteiger partial charge is 0.274 e. The van der Waals surface area contributed by atoms with E-state index in [1.165, 1.54) is 0 Å². The van der Waals surface area contributed by atoms with Gasteiger partial charge in [0.05, 0.1) is 5.69 Å². The lowest BCUT2D eigenvalue weighted by atomic mass is 10.0. The lowest BCUT2D eigenvalue weighted by molar-refractivity contribution is -0.121. The van der Waals surface area contributed by atoms with Gasteiger partial charge in [-0.2, -0.15) is 8.78 Å². The summed E-state index contributed by atoms with van der Waals surface area (Å²) in [5, 5.41) is 0. The van der Waals surface area contributed by atoms with Crippen molar-refractivity contribution in [1.29, 1.82) is 0 Å². The second-order valence-electron chi connectivity index (χ2n) is 3.31. The maximum Gasteiger partial charge on any atom is 0.321 e. The van der Waals surface area contributed by atoms with Crippen LogP contribution in [0.1, 0.15) is 12.0 Å². The third kappa shape index (κ3) is 1.88. The molecular weight excluding hydrogens is 268 g/mol. The van der Waals surface area contributed by atoms with Crippen LogP contribution in [0.5, 0.6) is 0 Å². The Labute approximate surface area is 94.0 Å². The molecule has 1 aromatic rings. The summed E-state index contributed by atoms with van der Waals surface area (Å²) in [6.45, 7) is -2.77. The Morgan fingerprint density at radius 1 is 1.33 bits per heavy atom. The van der Waals surface area contributed by atoms with E-state index in [0.29, 0.717) is 17.0 Å². The zero-order valence-electron chi connectivity index (χ0n) is 7.71. The first kappa shape index (κ1) is 10.5. The molecule has 15 heavy (non-hydrogen) atoms. The number of hydrogen-bond donors (Lipinski definition) is 0. The number of hydrogen-bond acceptors (Lipinski definition) is 1. The average molecular weight is 276 g/mol. The Morgan fingerprint density at radius 2 is 2.07 bits per heavy atom. The number of carbonyl (C=O) groups excluding carboxylic acids is 1. The van der Waals surface area contributed by atoms with E-state index in [4.69, 9.17) is 0 Å². The molecule has 1 heterocycles. The van der Waals surface area contributed by atoms with Crippen molar-refractivity contribution in [2.24, 2.45) is 0 Å². The van der Waals surface area contributed by atoms with E-state index >= 15 is 0 Å². The monoisotopic (exact) mass is 275 g/mol. The highest BCUT2D eigenvalue weighted by molar-refractivity contribution is 9.10. The topological polar surface area (TPSA) is 20.3 Å². The van der Waals surface area contributed by atoms with Crippen molar-refractivity contribution in [2.45, 2.75) is 19.4 Å². The molecule has 80 valence electrons. The van der Waals surface area contributed by atoms with Crippen LogP contribution in [0.25, 0.3) is 0 Å². The summed E-state index contributed by atoms with van der Waals surface area (Å²) in [7, 11) is 0. The Hall–Kier alpha value is -0.970. The van der Waals surface area contributed by atoms with Gasteiger partial charge in [0.25, 0.3) is 0 Å². The number of nitrogens with zero attached hydrogens (tertiary/aromatic N) is 1. The average Bonchev–Trinajstić information content (AvgIpc) is 2.17. The van der Waals surface area contributed by atoms with Crippen LogP contribution in [0.2, 0.25) is 0 Å². The molecule has 1 aromatic carbocycles. The minimum atomic E-state index is -2.77. The van der Waals surface area contributed by atoms with Crippen molar-refractivity contribution < 1.29 is 13.6 Å². The SMILES string of the molecule is O=C1CCc2cc(Br)ccc2N1C(F)F. The van der Waals surface area contributed by atoms with Crippen LogP contribution in [-0.2, 0) is 11.2 Å². The van der Waals surface area contributed by atoms with E-state index in [1.807, 2.05) is 0 Å². The Bertz CT molecular complexity index is 408. The summed E-state index contributed by atoms with van der Waals surface area (Å²) in [6.07, 6.45) is 0.671. The number of benzene rings is 1. The van der Waals surface area contributed by atoms with Crippen LogP contribution < -0.4 is 4.90 Å². The first-order chi connectivity index (χ1) is 7.09. The Kier molecular flexibility index (Phi) is 2.73. The molecule has 0 spiro atoms. The molecule has 5 heteroatoms. The molecule has 2 nitrogen and oxygen atoms in total. The van der Waals surface area contributed by atoms with Gasteiger partial charge in [0.2, 0.25) is 5.91 Å². The fourth-order valence-corrected chi connectivity index (χ4v) is 2.11. The third-order valence-corrected chi connectivity index (χ3v) is 2.87. The summed E-state index contributed by atoms with van der Waals surface area (Å²) in [4.78, 5) is 11.9. The zero-order chi connectivity index (χ0) is 11.0. The first-order valence-electron chi connectivity index (χ1n) is 4.48. The van der Waals surface area contributed by atoms with Crippen molar-refractivity contribution in [1.82, 2.24) is 0 Å². The number of fused-ring (bicyclic) bond motifs is 1. The summed E-state index contributed by atoms with van der Waals surface area (Å²) in [5.74, 6) is -0.514. The van der Waals surface area contributed by atoms with Crippen LogP contribution in [0.4, 0.5) is 14.5 Å². The highest BCUT2D eigenvalue weighted by atomic mass is 79.9. The lowest BCUT2D eigenvalue weighted by Gasteiger charge is -2.28. The molecular formula is C10H8BrF2NO. The van der Waals surface area contributed by atoms with Gasteiger partial charge in [-0.15, -0.1) is 0 Å². The van der Waals surface area contributed by atoms with E-state index in [0.717, 1.165) is 10.0 Å². The zero-order valence-corrected chi connectivity index (χ0v) is 9.30. The molecule has 1 aliphatic heterocycles. The molecule has 0 atom stereocenters. The van der Waals surface area contributed by atoms with Gasteiger partial charge in [-0.05, 0) is 30.2 Å². The van der Waals surface area contributed by atoms with Gasteiger partial charge in [0, 0.05) is 10.9 Å². The van der Waals surface area contributed by atoms with Crippen LogP contribution in [0.15, 0.2) is 22.7 Å². The number of alkyl halides is 2. The van der Waals surface area contributed by atoms with Crippen LogP contribution in [-0.4, -0.2) is 12.5 Å². The minimum Gasteiger partial charge on any atom is -0.274 e. The van der Waals surface area contributed by atoms with Gasteiger partial charge in [0.1, 0.15) is 0 Å². The summed E-state index contributed by atoms with van der Waals surface area (Å²) in [5.41, 5.74) is 1.11. The Morgan fingerprint density at radius 3 is 2.73 bits per heavy atom. The predicted octanol–water partition coefficient (Wildman–Crippen LogP) is 2.95. The van der Waals surface area contributed by atoms with Gasteiger partial charge >= 0.3 is 6.55 Å². The van der Waals surface area contributed by atoms with Gasteiger partial charge in [0.15, 0.2) is 0 Å². The molecule has 1 amide bonds. The van der Waals surface area contributed by atoms with Gasteiger partial charge in [-0.1, -0.05) is 15.9 Å². The summed E-state index contributed by atoms with van der Waals surface area (Å²) >= 11 is 3.27. The van der Waals surface area contributed by atoms with E-state index in [-0.39, 0.29) is 6.42 Å². The lowest BCUT2D eigenvalue weighted by Crippen LogP contribution is -2.38. The minimum absolute atomic E-state index is 0.147. The fourth-order valence-electron chi connectivity index (χ4n) is 1.70. The molecule has 0 unspecified atom stereocenters. The number of carbonyl (C=O) groups is 1. The van der Waals surface area contributed by atoms with Crippen molar-refractivity contribution in [2.75, 3.05) is 4.90 Å². The molecule has 0 aromatic heterocycles. The third-order valence-electron chi connectivity index (χ3n) is 2.37.